The number of hydrogen-bond donors (Lipinski definition) is 1. The van der Waals surface area contributed by atoms with Crippen molar-refractivity contribution < 1.29 is 5.11 Å². The summed E-state index contributed by atoms with van der Waals surface area (Å²) in [5, 5.41) is 12.6. The zero-order valence-electron chi connectivity index (χ0n) is 10.4. The van der Waals surface area contributed by atoms with Gasteiger partial charge in [0.2, 0.25) is 0 Å². The third kappa shape index (κ3) is 2.25. The van der Waals surface area contributed by atoms with Crippen LogP contribution in [0.1, 0.15) is 25.3 Å². The van der Waals surface area contributed by atoms with Crippen LogP contribution in [0.5, 0.6) is 0 Å². The lowest BCUT2D eigenvalue weighted by Crippen LogP contribution is -2.27. The van der Waals surface area contributed by atoms with E-state index in [1.807, 2.05) is 38.1 Å². The SMILES string of the molecule is C=CC(c1cccc2ccccc12)C(C)(C)O. The van der Waals surface area contributed by atoms with E-state index in [0.29, 0.717) is 0 Å². The lowest BCUT2D eigenvalue weighted by Gasteiger charge is -2.28. The first-order valence-electron chi connectivity index (χ1n) is 5.86. The van der Waals surface area contributed by atoms with Gasteiger partial charge >= 0.3 is 0 Å². The van der Waals surface area contributed by atoms with Gasteiger partial charge in [-0.05, 0) is 30.2 Å². The number of rotatable bonds is 3. The van der Waals surface area contributed by atoms with Crippen LogP contribution in [0.15, 0.2) is 55.1 Å². The van der Waals surface area contributed by atoms with E-state index in [-0.39, 0.29) is 5.92 Å². The number of hydrogen-bond acceptors (Lipinski definition) is 1. The molecule has 0 aromatic heterocycles. The summed E-state index contributed by atoms with van der Waals surface area (Å²) in [4.78, 5) is 0. The number of benzene rings is 2. The van der Waals surface area contributed by atoms with Crippen LogP contribution in [-0.2, 0) is 0 Å². The van der Waals surface area contributed by atoms with Gasteiger partial charge < -0.3 is 5.11 Å². The molecule has 1 unspecified atom stereocenters. The van der Waals surface area contributed by atoms with Crippen molar-refractivity contribution in [2.24, 2.45) is 0 Å². The van der Waals surface area contributed by atoms with Crippen LogP contribution < -0.4 is 0 Å². The average Bonchev–Trinajstić information content (AvgIpc) is 2.28. The molecule has 0 amide bonds. The second-order valence-electron chi connectivity index (χ2n) is 4.94. The summed E-state index contributed by atoms with van der Waals surface area (Å²) in [5.41, 5.74) is 0.330. The molecule has 0 heterocycles. The molecule has 0 aliphatic rings. The highest BCUT2D eigenvalue weighted by atomic mass is 16.3. The molecular formula is C16H18O. The highest BCUT2D eigenvalue weighted by molar-refractivity contribution is 5.86. The van der Waals surface area contributed by atoms with Crippen molar-refractivity contribution in [2.45, 2.75) is 25.4 Å². The fraction of sp³-hybridized carbons (Fsp3) is 0.250. The zero-order chi connectivity index (χ0) is 12.5. The number of fused-ring (bicyclic) bond motifs is 1. The van der Waals surface area contributed by atoms with Crippen LogP contribution in [-0.4, -0.2) is 10.7 Å². The van der Waals surface area contributed by atoms with Crippen molar-refractivity contribution in [3.63, 3.8) is 0 Å². The second kappa shape index (κ2) is 4.34. The van der Waals surface area contributed by atoms with Gasteiger partial charge in [0.15, 0.2) is 0 Å². The Morgan fingerprint density at radius 2 is 1.76 bits per heavy atom. The molecule has 2 aromatic carbocycles. The summed E-state index contributed by atoms with van der Waals surface area (Å²) in [5.74, 6) is -0.0615. The van der Waals surface area contributed by atoms with Crippen molar-refractivity contribution in [3.8, 4) is 0 Å². The average molecular weight is 226 g/mol. The topological polar surface area (TPSA) is 20.2 Å². The van der Waals surface area contributed by atoms with E-state index in [4.69, 9.17) is 0 Å². The summed E-state index contributed by atoms with van der Waals surface area (Å²) in [6.07, 6.45) is 1.82. The summed E-state index contributed by atoms with van der Waals surface area (Å²) in [7, 11) is 0. The Balaban J connectivity index is 2.66. The molecule has 1 nitrogen and oxygen atoms in total. The minimum absolute atomic E-state index is 0.0615. The van der Waals surface area contributed by atoms with Crippen LogP contribution in [0.3, 0.4) is 0 Å². The van der Waals surface area contributed by atoms with Crippen molar-refractivity contribution in [1.82, 2.24) is 0 Å². The molecule has 0 saturated carbocycles. The lowest BCUT2D eigenvalue weighted by molar-refractivity contribution is 0.0656. The van der Waals surface area contributed by atoms with E-state index in [1.54, 1.807) is 0 Å². The molecule has 2 aromatic rings. The van der Waals surface area contributed by atoms with Gasteiger partial charge in [-0.1, -0.05) is 48.5 Å². The van der Waals surface area contributed by atoms with Crippen LogP contribution >= 0.6 is 0 Å². The number of aliphatic hydroxyl groups is 1. The molecule has 0 aliphatic carbocycles. The van der Waals surface area contributed by atoms with E-state index < -0.39 is 5.60 Å². The van der Waals surface area contributed by atoms with Gasteiger partial charge in [0, 0.05) is 5.92 Å². The highest BCUT2D eigenvalue weighted by Crippen LogP contribution is 2.33. The molecule has 0 aliphatic heterocycles. The Morgan fingerprint density at radius 1 is 1.12 bits per heavy atom. The third-order valence-corrected chi connectivity index (χ3v) is 3.16. The molecule has 1 N–H and O–H groups in total. The summed E-state index contributed by atoms with van der Waals surface area (Å²) >= 11 is 0. The summed E-state index contributed by atoms with van der Waals surface area (Å²) in [6.45, 7) is 7.49. The van der Waals surface area contributed by atoms with Crippen LogP contribution in [0.25, 0.3) is 10.8 Å². The maximum absolute atomic E-state index is 10.2. The van der Waals surface area contributed by atoms with Crippen molar-refractivity contribution >= 4 is 10.8 Å². The standard InChI is InChI=1S/C16H18O/c1-4-15(16(2,3)17)14-11-7-9-12-8-5-6-10-13(12)14/h4-11,15,17H,1H2,2-3H3. The summed E-state index contributed by atoms with van der Waals surface area (Å²) < 4.78 is 0. The Morgan fingerprint density at radius 3 is 2.41 bits per heavy atom. The van der Waals surface area contributed by atoms with Gasteiger partial charge in [-0.3, -0.25) is 0 Å². The fourth-order valence-corrected chi connectivity index (χ4v) is 2.32. The highest BCUT2D eigenvalue weighted by Gasteiger charge is 2.26. The quantitative estimate of drug-likeness (QED) is 0.787. The Kier molecular flexibility index (Phi) is 3.03. The molecule has 0 spiro atoms. The molecule has 17 heavy (non-hydrogen) atoms. The van der Waals surface area contributed by atoms with E-state index in [2.05, 4.69) is 30.8 Å². The first kappa shape index (κ1) is 11.9. The van der Waals surface area contributed by atoms with Gasteiger partial charge in [0.1, 0.15) is 0 Å². The molecule has 2 rings (SSSR count). The van der Waals surface area contributed by atoms with Gasteiger partial charge in [-0.25, -0.2) is 0 Å². The minimum Gasteiger partial charge on any atom is -0.390 e. The minimum atomic E-state index is -0.800. The Hall–Kier alpha value is -1.60. The zero-order valence-corrected chi connectivity index (χ0v) is 10.4. The van der Waals surface area contributed by atoms with Crippen molar-refractivity contribution in [1.29, 1.82) is 0 Å². The largest absolute Gasteiger partial charge is 0.390 e. The Bertz CT molecular complexity index is 529. The molecule has 0 bridgehead atoms. The van der Waals surface area contributed by atoms with Gasteiger partial charge in [0.05, 0.1) is 5.60 Å². The molecule has 0 saturated heterocycles. The van der Waals surface area contributed by atoms with E-state index in [9.17, 15) is 5.11 Å². The van der Waals surface area contributed by atoms with E-state index >= 15 is 0 Å². The maximum atomic E-state index is 10.2. The smallest absolute Gasteiger partial charge is 0.0694 e. The van der Waals surface area contributed by atoms with E-state index in [1.165, 1.54) is 10.8 Å². The van der Waals surface area contributed by atoms with Crippen molar-refractivity contribution in [3.05, 3.63) is 60.7 Å². The van der Waals surface area contributed by atoms with E-state index in [0.717, 1.165) is 5.56 Å². The first-order chi connectivity index (χ1) is 8.04. The lowest BCUT2D eigenvalue weighted by atomic mass is 9.82. The first-order valence-corrected chi connectivity index (χ1v) is 5.86. The molecule has 0 fully saturated rings. The monoisotopic (exact) mass is 226 g/mol. The fourth-order valence-electron chi connectivity index (χ4n) is 2.32. The molecular weight excluding hydrogens is 208 g/mol. The van der Waals surface area contributed by atoms with Gasteiger partial charge in [0.25, 0.3) is 0 Å². The summed E-state index contributed by atoms with van der Waals surface area (Å²) in [6, 6.07) is 14.4. The maximum Gasteiger partial charge on any atom is 0.0694 e. The molecule has 1 heteroatoms. The third-order valence-electron chi connectivity index (χ3n) is 3.16. The molecule has 88 valence electrons. The van der Waals surface area contributed by atoms with Crippen molar-refractivity contribution in [2.75, 3.05) is 0 Å². The molecule has 1 atom stereocenters. The molecule has 0 radical (unpaired) electrons. The van der Waals surface area contributed by atoms with Crippen LogP contribution in [0.2, 0.25) is 0 Å². The van der Waals surface area contributed by atoms with Gasteiger partial charge in [-0.15, -0.1) is 6.58 Å². The van der Waals surface area contributed by atoms with Gasteiger partial charge in [-0.2, -0.15) is 0 Å². The van der Waals surface area contributed by atoms with Crippen LogP contribution in [0.4, 0.5) is 0 Å². The normalized spacial score (nSPS) is 13.6. The Labute approximate surface area is 102 Å². The predicted octanol–water partition coefficient (Wildman–Crippen LogP) is 3.88. The predicted molar refractivity (Wildman–Crippen MR) is 73.2 cm³/mol. The second-order valence-corrected chi connectivity index (χ2v) is 4.94. The van der Waals surface area contributed by atoms with Crippen LogP contribution in [0, 0.1) is 0 Å².